The fourth-order valence-corrected chi connectivity index (χ4v) is 2.92. The quantitative estimate of drug-likeness (QED) is 0.716. The molecule has 6 nitrogen and oxygen atoms in total. The Kier molecular flexibility index (Phi) is 6.03. The smallest absolute Gasteiger partial charge is 0.313 e. The molecule has 8 heteroatoms. The highest BCUT2D eigenvalue weighted by Gasteiger charge is 2.17. The second-order valence-corrected chi connectivity index (χ2v) is 7.06. The molecular weight excluding hydrogens is 302 g/mol. The van der Waals surface area contributed by atoms with Gasteiger partial charge in [0.25, 0.3) is 5.91 Å². The van der Waals surface area contributed by atoms with Crippen molar-refractivity contribution in [2.24, 2.45) is 0 Å². The first-order valence-corrected chi connectivity index (χ1v) is 8.74. The third-order valence-electron chi connectivity index (χ3n) is 2.29. The predicted octanol–water partition coefficient (Wildman–Crippen LogP) is 0.638. The number of thioether (sulfide) groups is 1. The lowest BCUT2D eigenvalue weighted by Gasteiger charge is -2.08. The third kappa shape index (κ3) is 5.22. The first kappa shape index (κ1) is 16.5. The van der Waals surface area contributed by atoms with E-state index in [1.54, 1.807) is 12.1 Å². The van der Waals surface area contributed by atoms with E-state index < -0.39 is 21.7 Å². The van der Waals surface area contributed by atoms with E-state index in [0.717, 1.165) is 6.26 Å². The number of carbonyl (C=O) groups is 2. The summed E-state index contributed by atoms with van der Waals surface area (Å²) in [5.41, 5.74) is 0.0956. The number of amides is 1. The van der Waals surface area contributed by atoms with Crippen molar-refractivity contribution in [3.05, 3.63) is 29.8 Å². The minimum atomic E-state index is -3.47. The second-order valence-electron chi connectivity index (χ2n) is 3.97. The maximum Gasteiger partial charge on any atom is 0.313 e. The number of hydrogen-bond acceptors (Lipinski definition) is 5. The third-order valence-corrected chi connectivity index (χ3v) is 4.39. The molecule has 0 spiro atoms. The Morgan fingerprint density at radius 1 is 1.30 bits per heavy atom. The Balaban J connectivity index is 2.63. The van der Waals surface area contributed by atoms with E-state index in [2.05, 4.69) is 5.32 Å². The average molecular weight is 317 g/mol. The van der Waals surface area contributed by atoms with Crippen LogP contribution in [0.4, 0.5) is 0 Å². The van der Waals surface area contributed by atoms with Crippen LogP contribution < -0.4 is 5.32 Å². The van der Waals surface area contributed by atoms with Gasteiger partial charge in [0.1, 0.15) is 0 Å². The van der Waals surface area contributed by atoms with Gasteiger partial charge in [-0.2, -0.15) is 0 Å². The van der Waals surface area contributed by atoms with Gasteiger partial charge in [-0.25, -0.2) is 8.42 Å². The van der Waals surface area contributed by atoms with Gasteiger partial charge in [0, 0.05) is 18.6 Å². The van der Waals surface area contributed by atoms with Crippen LogP contribution in [0.2, 0.25) is 0 Å². The molecule has 0 saturated carbocycles. The van der Waals surface area contributed by atoms with E-state index in [1.807, 2.05) is 0 Å². The number of nitrogens with one attached hydrogen (secondary N) is 1. The van der Waals surface area contributed by atoms with Crippen molar-refractivity contribution < 1.29 is 23.1 Å². The molecule has 2 N–H and O–H groups in total. The minimum Gasteiger partial charge on any atom is -0.481 e. The minimum absolute atomic E-state index is 0.0179. The molecule has 110 valence electrons. The van der Waals surface area contributed by atoms with E-state index in [-0.39, 0.29) is 22.8 Å². The largest absolute Gasteiger partial charge is 0.481 e. The fraction of sp³-hybridized carbons (Fsp3) is 0.333. The highest BCUT2D eigenvalue weighted by Crippen LogP contribution is 2.15. The van der Waals surface area contributed by atoms with E-state index in [1.165, 1.54) is 23.9 Å². The van der Waals surface area contributed by atoms with Gasteiger partial charge >= 0.3 is 5.97 Å². The maximum absolute atomic E-state index is 11.9. The standard InChI is InChI=1S/C12H15NO5S2/c1-20(17,18)10-5-3-2-4-9(10)12(16)13-6-7-19-8-11(14)15/h2-5H,6-8H2,1H3,(H,13,16)(H,14,15). The van der Waals surface area contributed by atoms with E-state index in [9.17, 15) is 18.0 Å². The van der Waals surface area contributed by atoms with Crippen molar-refractivity contribution in [2.45, 2.75) is 4.90 Å². The summed E-state index contributed by atoms with van der Waals surface area (Å²) < 4.78 is 23.1. The van der Waals surface area contributed by atoms with Gasteiger partial charge in [0.05, 0.1) is 16.2 Å². The van der Waals surface area contributed by atoms with Crippen molar-refractivity contribution in [1.29, 1.82) is 0 Å². The Labute approximate surface area is 121 Å². The number of rotatable bonds is 7. The van der Waals surface area contributed by atoms with Crippen molar-refractivity contribution in [2.75, 3.05) is 24.3 Å². The highest BCUT2D eigenvalue weighted by atomic mass is 32.2. The second kappa shape index (κ2) is 7.30. The molecule has 1 aromatic carbocycles. The lowest BCUT2D eigenvalue weighted by molar-refractivity contribution is -0.133. The molecule has 0 unspecified atom stereocenters. The van der Waals surface area contributed by atoms with Crippen LogP contribution in [-0.2, 0) is 14.6 Å². The first-order chi connectivity index (χ1) is 9.32. The topological polar surface area (TPSA) is 101 Å². The average Bonchev–Trinajstić information content (AvgIpc) is 2.36. The van der Waals surface area contributed by atoms with E-state index in [0.29, 0.717) is 5.75 Å². The molecular formula is C12H15NO5S2. The van der Waals surface area contributed by atoms with Gasteiger partial charge in [-0.05, 0) is 12.1 Å². The first-order valence-electron chi connectivity index (χ1n) is 5.69. The van der Waals surface area contributed by atoms with Crippen molar-refractivity contribution in [3.63, 3.8) is 0 Å². The van der Waals surface area contributed by atoms with Crippen LogP contribution in [0.1, 0.15) is 10.4 Å². The number of carboxylic acid groups (broad SMARTS) is 1. The highest BCUT2D eigenvalue weighted by molar-refractivity contribution is 7.99. The number of carboxylic acids is 1. The van der Waals surface area contributed by atoms with Crippen LogP contribution in [0.5, 0.6) is 0 Å². The van der Waals surface area contributed by atoms with Gasteiger partial charge in [0.15, 0.2) is 9.84 Å². The van der Waals surface area contributed by atoms with E-state index in [4.69, 9.17) is 5.11 Å². The summed E-state index contributed by atoms with van der Waals surface area (Å²) in [5, 5.41) is 11.0. The van der Waals surface area contributed by atoms with Crippen LogP contribution in [0.3, 0.4) is 0 Å². The summed E-state index contributed by atoms with van der Waals surface area (Å²) in [6.45, 7) is 0.273. The molecule has 0 atom stereocenters. The Bertz CT molecular complexity index is 598. The zero-order valence-electron chi connectivity index (χ0n) is 10.8. The zero-order chi connectivity index (χ0) is 15.2. The number of benzene rings is 1. The van der Waals surface area contributed by atoms with Crippen LogP contribution in [0.25, 0.3) is 0 Å². The number of aliphatic carboxylic acids is 1. The van der Waals surface area contributed by atoms with Gasteiger partial charge in [-0.15, -0.1) is 11.8 Å². The predicted molar refractivity (Wildman–Crippen MR) is 76.8 cm³/mol. The molecule has 1 rings (SSSR count). The zero-order valence-corrected chi connectivity index (χ0v) is 12.5. The summed E-state index contributed by atoms with van der Waals surface area (Å²) in [5.74, 6) is -0.986. The molecule has 1 amide bonds. The summed E-state index contributed by atoms with van der Waals surface area (Å²) in [6, 6.07) is 5.96. The molecule has 0 aromatic heterocycles. The molecule has 0 aliphatic rings. The fourth-order valence-electron chi connectivity index (χ4n) is 1.47. The van der Waals surface area contributed by atoms with Crippen LogP contribution in [0, 0.1) is 0 Å². The number of sulfone groups is 1. The molecule has 0 saturated heterocycles. The Hall–Kier alpha value is -1.54. The maximum atomic E-state index is 11.9. The molecule has 0 radical (unpaired) electrons. The monoisotopic (exact) mass is 317 g/mol. The van der Waals surface area contributed by atoms with Crippen LogP contribution in [0.15, 0.2) is 29.2 Å². The molecule has 0 aliphatic heterocycles. The summed E-state index contributed by atoms with van der Waals surface area (Å²) in [7, 11) is -3.47. The normalized spacial score (nSPS) is 11.1. The molecule has 0 bridgehead atoms. The van der Waals surface area contributed by atoms with Gasteiger partial charge < -0.3 is 10.4 Å². The van der Waals surface area contributed by atoms with Gasteiger partial charge in [0.2, 0.25) is 0 Å². The van der Waals surface area contributed by atoms with Crippen molar-refractivity contribution in [1.82, 2.24) is 5.32 Å². The Morgan fingerprint density at radius 2 is 1.95 bits per heavy atom. The summed E-state index contributed by atoms with van der Waals surface area (Å²) >= 11 is 1.18. The van der Waals surface area contributed by atoms with E-state index >= 15 is 0 Å². The summed E-state index contributed by atoms with van der Waals surface area (Å²) in [4.78, 5) is 22.2. The molecule has 20 heavy (non-hydrogen) atoms. The molecule has 1 aromatic rings. The molecule has 0 fully saturated rings. The lowest BCUT2D eigenvalue weighted by Crippen LogP contribution is -2.27. The Morgan fingerprint density at radius 3 is 2.55 bits per heavy atom. The molecule has 0 aliphatic carbocycles. The summed E-state index contributed by atoms with van der Waals surface area (Å²) in [6.07, 6.45) is 1.04. The number of hydrogen-bond donors (Lipinski definition) is 2. The van der Waals surface area contributed by atoms with Gasteiger partial charge in [-0.1, -0.05) is 12.1 Å². The van der Waals surface area contributed by atoms with Gasteiger partial charge in [-0.3, -0.25) is 9.59 Å². The van der Waals surface area contributed by atoms with Crippen LogP contribution in [-0.4, -0.2) is 49.7 Å². The lowest BCUT2D eigenvalue weighted by atomic mass is 10.2. The SMILES string of the molecule is CS(=O)(=O)c1ccccc1C(=O)NCCSCC(=O)O. The number of carbonyl (C=O) groups excluding carboxylic acids is 1. The van der Waals surface area contributed by atoms with Crippen molar-refractivity contribution >= 4 is 33.5 Å². The van der Waals surface area contributed by atoms with Crippen molar-refractivity contribution in [3.8, 4) is 0 Å². The van der Waals surface area contributed by atoms with Crippen LogP contribution >= 0.6 is 11.8 Å². The molecule has 0 heterocycles.